The van der Waals surface area contributed by atoms with E-state index in [4.69, 9.17) is 0 Å². The van der Waals surface area contributed by atoms with E-state index in [-0.39, 0.29) is 24.4 Å². The molecule has 4 aromatic rings. The lowest BCUT2D eigenvalue weighted by atomic mass is 9.90. The molecule has 188 valence electrons. The standard InChI is InChI=1S/C32H33N3O2/c1-2-20-34(32(37)30(25-13-6-3-7-14-25)26-15-8-4-9-16-26)24-29(36)35-23-22-33-21-12-19-28(33)31(35)27-17-10-5-11-18-27/h3-19,21,30-31H,2,20,22-24H2,1H3. The molecule has 0 fully saturated rings. The normalized spacial score (nSPS) is 14.9. The predicted octanol–water partition coefficient (Wildman–Crippen LogP) is 5.49. The summed E-state index contributed by atoms with van der Waals surface area (Å²) in [5, 5.41) is 0. The number of fused-ring (bicyclic) bond motifs is 1. The van der Waals surface area contributed by atoms with Crippen molar-refractivity contribution in [2.45, 2.75) is 31.8 Å². The summed E-state index contributed by atoms with van der Waals surface area (Å²) >= 11 is 0. The number of carbonyl (C=O) groups is 2. The molecule has 1 aliphatic heterocycles. The molecule has 1 atom stereocenters. The zero-order chi connectivity index (χ0) is 25.6. The third-order valence-electron chi connectivity index (χ3n) is 7.12. The van der Waals surface area contributed by atoms with Crippen molar-refractivity contribution < 1.29 is 9.59 Å². The van der Waals surface area contributed by atoms with E-state index in [1.807, 2.05) is 96.8 Å². The lowest BCUT2D eigenvalue weighted by molar-refractivity contribution is -0.142. The van der Waals surface area contributed by atoms with Gasteiger partial charge in [0.25, 0.3) is 0 Å². The summed E-state index contributed by atoms with van der Waals surface area (Å²) in [5.74, 6) is -0.516. The van der Waals surface area contributed by atoms with Gasteiger partial charge < -0.3 is 14.4 Å². The molecular weight excluding hydrogens is 458 g/mol. The summed E-state index contributed by atoms with van der Waals surface area (Å²) in [5.41, 5.74) is 4.05. The Hall–Kier alpha value is -4.12. The highest BCUT2D eigenvalue weighted by Gasteiger charge is 2.35. The van der Waals surface area contributed by atoms with Gasteiger partial charge in [0, 0.05) is 31.5 Å². The minimum Gasteiger partial charge on any atom is -0.348 e. The first kappa shape index (κ1) is 24.6. The Morgan fingerprint density at radius 2 is 1.41 bits per heavy atom. The van der Waals surface area contributed by atoms with Crippen molar-refractivity contribution in [2.75, 3.05) is 19.6 Å². The van der Waals surface area contributed by atoms with E-state index in [2.05, 4.69) is 29.0 Å². The Balaban J connectivity index is 1.44. The molecule has 3 aromatic carbocycles. The number of amides is 2. The number of hydrogen-bond donors (Lipinski definition) is 0. The molecule has 1 aromatic heterocycles. The molecule has 0 radical (unpaired) electrons. The number of nitrogens with zero attached hydrogens (tertiary/aromatic N) is 3. The first-order valence-electron chi connectivity index (χ1n) is 13.1. The van der Waals surface area contributed by atoms with Crippen molar-refractivity contribution in [1.29, 1.82) is 0 Å². The summed E-state index contributed by atoms with van der Waals surface area (Å²) in [6, 6.07) is 33.8. The van der Waals surface area contributed by atoms with E-state index >= 15 is 0 Å². The largest absolute Gasteiger partial charge is 0.348 e. The average molecular weight is 492 g/mol. The second kappa shape index (κ2) is 11.3. The van der Waals surface area contributed by atoms with Gasteiger partial charge >= 0.3 is 0 Å². The molecule has 0 aliphatic carbocycles. The minimum atomic E-state index is -0.453. The second-order valence-electron chi connectivity index (χ2n) is 9.54. The topological polar surface area (TPSA) is 45.6 Å². The Morgan fingerprint density at radius 3 is 2.00 bits per heavy atom. The molecule has 5 nitrogen and oxygen atoms in total. The molecule has 2 heterocycles. The van der Waals surface area contributed by atoms with Crippen LogP contribution >= 0.6 is 0 Å². The van der Waals surface area contributed by atoms with E-state index in [0.717, 1.165) is 35.3 Å². The van der Waals surface area contributed by atoms with Gasteiger partial charge in [-0.25, -0.2) is 0 Å². The van der Waals surface area contributed by atoms with E-state index in [1.165, 1.54) is 0 Å². The molecule has 0 bridgehead atoms. The van der Waals surface area contributed by atoms with Crippen molar-refractivity contribution in [1.82, 2.24) is 14.4 Å². The SMILES string of the molecule is CCCN(CC(=O)N1CCn2cccc2C1c1ccccc1)C(=O)C(c1ccccc1)c1ccccc1. The number of rotatable bonds is 8. The summed E-state index contributed by atoms with van der Waals surface area (Å²) in [6.07, 6.45) is 2.85. The maximum atomic E-state index is 14.1. The van der Waals surface area contributed by atoms with Gasteiger partial charge in [0.15, 0.2) is 0 Å². The van der Waals surface area contributed by atoms with Crippen molar-refractivity contribution in [3.63, 3.8) is 0 Å². The predicted molar refractivity (Wildman–Crippen MR) is 146 cm³/mol. The molecule has 37 heavy (non-hydrogen) atoms. The smallest absolute Gasteiger partial charge is 0.243 e. The maximum absolute atomic E-state index is 14.1. The Bertz CT molecular complexity index is 1280. The number of aromatic nitrogens is 1. The summed E-state index contributed by atoms with van der Waals surface area (Å²) in [6.45, 7) is 3.99. The zero-order valence-electron chi connectivity index (χ0n) is 21.2. The van der Waals surface area contributed by atoms with Crippen LogP contribution in [0.2, 0.25) is 0 Å². The van der Waals surface area contributed by atoms with Gasteiger partial charge in [-0.15, -0.1) is 0 Å². The fraction of sp³-hybridized carbons (Fsp3) is 0.250. The summed E-state index contributed by atoms with van der Waals surface area (Å²) in [4.78, 5) is 31.7. The third-order valence-corrected chi connectivity index (χ3v) is 7.12. The van der Waals surface area contributed by atoms with Crippen LogP contribution in [-0.2, 0) is 16.1 Å². The maximum Gasteiger partial charge on any atom is 0.243 e. The van der Waals surface area contributed by atoms with Gasteiger partial charge in [-0.1, -0.05) is 97.9 Å². The molecule has 1 unspecified atom stereocenters. The van der Waals surface area contributed by atoms with Crippen molar-refractivity contribution in [3.8, 4) is 0 Å². The molecule has 2 amide bonds. The monoisotopic (exact) mass is 491 g/mol. The molecule has 0 spiro atoms. The fourth-order valence-corrected chi connectivity index (χ4v) is 5.38. The fourth-order valence-electron chi connectivity index (χ4n) is 5.38. The van der Waals surface area contributed by atoms with Crippen LogP contribution in [0.4, 0.5) is 0 Å². The van der Waals surface area contributed by atoms with Crippen LogP contribution in [0, 0.1) is 0 Å². The van der Waals surface area contributed by atoms with Crippen LogP contribution in [0.15, 0.2) is 109 Å². The first-order valence-corrected chi connectivity index (χ1v) is 13.1. The average Bonchev–Trinajstić information content (AvgIpc) is 3.43. The highest BCUT2D eigenvalue weighted by molar-refractivity contribution is 5.91. The van der Waals surface area contributed by atoms with E-state index in [1.54, 1.807) is 4.90 Å². The lowest BCUT2D eigenvalue weighted by Crippen LogP contribution is -2.49. The van der Waals surface area contributed by atoms with E-state index in [9.17, 15) is 9.59 Å². The van der Waals surface area contributed by atoms with Gasteiger partial charge in [0.05, 0.1) is 18.5 Å². The molecule has 0 N–H and O–H groups in total. The number of benzene rings is 3. The minimum absolute atomic E-state index is 0.0250. The Labute approximate surface area is 219 Å². The van der Waals surface area contributed by atoms with E-state index in [0.29, 0.717) is 13.1 Å². The Morgan fingerprint density at radius 1 is 0.811 bits per heavy atom. The highest BCUT2D eigenvalue weighted by atomic mass is 16.2. The molecular formula is C32H33N3O2. The molecule has 0 saturated heterocycles. The van der Waals surface area contributed by atoms with Gasteiger partial charge in [-0.3, -0.25) is 9.59 Å². The van der Waals surface area contributed by atoms with Crippen LogP contribution < -0.4 is 0 Å². The molecule has 5 heteroatoms. The highest BCUT2D eigenvalue weighted by Crippen LogP contribution is 2.33. The van der Waals surface area contributed by atoms with Crippen LogP contribution in [0.25, 0.3) is 0 Å². The second-order valence-corrected chi connectivity index (χ2v) is 9.54. The van der Waals surface area contributed by atoms with Gasteiger partial charge in [0.2, 0.25) is 11.8 Å². The molecule has 1 aliphatic rings. The van der Waals surface area contributed by atoms with Crippen LogP contribution in [0.1, 0.15) is 47.7 Å². The van der Waals surface area contributed by atoms with Gasteiger partial charge in [-0.2, -0.15) is 0 Å². The number of carbonyl (C=O) groups excluding carboxylic acids is 2. The van der Waals surface area contributed by atoms with Crippen LogP contribution in [0.3, 0.4) is 0 Å². The third kappa shape index (κ3) is 5.21. The molecule has 0 saturated carbocycles. The van der Waals surface area contributed by atoms with Crippen LogP contribution in [0.5, 0.6) is 0 Å². The summed E-state index contributed by atoms with van der Waals surface area (Å²) in [7, 11) is 0. The quantitative estimate of drug-likeness (QED) is 0.327. The Kier molecular flexibility index (Phi) is 7.50. The van der Waals surface area contributed by atoms with Gasteiger partial charge in [-0.05, 0) is 35.2 Å². The zero-order valence-corrected chi connectivity index (χ0v) is 21.2. The summed E-state index contributed by atoms with van der Waals surface area (Å²) < 4.78 is 2.22. The lowest BCUT2D eigenvalue weighted by Gasteiger charge is -2.39. The van der Waals surface area contributed by atoms with Crippen LogP contribution in [-0.4, -0.2) is 45.8 Å². The van der Waals surface area contributed by atoms with Crippen molar-refractivity contribution in [3.05, 3.63) is 132 Å². The number of hydrogen-bond acceptors (Lipinski definition) is 2. The van der Waals surface area contributed by atoms with Crippen molar-refractivity contribution in [2.24, 2.45) is 0 Å². The van der Waals surface area contributed by atoms with Gasteiger partial charge in [0.1, 0.15) is 0 Å². The molecule has 5 rings (SSSR count). The first-order chi connectivity index (χ1) is 18.2. The van der Waals surface area contributed by atoms with Crippen molar-refractivity contribution >= 4 is 11.8 Å². The van der Waals surface area contributed by atoms with E-state index < -0.39 is 5.92 Å².